The normalized spacial score (nSPS) is 9.63. The van der Waals surface area contributed by atoms with Crippen LogP contribution >= 0.6 is 0 Å². The van der Waals surface area contributed by atoms with E-state index in [1.807, 2.05) is 54.6 Å². The van der Waals surface area contributed by atoms with Crippen molar-refractivity contribution in [2.75, 3.05) is 5.32 Å². The number of aryl methyl sites for hydroxylation is 1. The van der Waals surface area contributed by atoms with Crippen molar-refractivity contribution in [2.24, 2.45) is 0 Å². The van der Waals surface area contributed by atoms with Crippen molar-refractivity contribution >= 4 is 11.6 Å². The zero-order valence-corrected chi connectivity index (χ0v) is 10.6. The summed E-state index contributed by atoms with van der Waals surface area (Å²) < 4.78 is 0. The van der Waals surface area contributed by atoms with Gasteiger partial charge >= 0.3 is 0 Å². The van der Waals surface area contributed by atoms with E-state index in [1.54, 1.807) is 0 Å². The summed E-state index contributed by atoms with van der Waals surface area (Å²) in [5.41, 5.74) is 2.75. The highest BCUT2D eigenvalue weighted by atomic mass is 16.1. The first kappa shape index (κ1) is 12.9. The molecule has 0 heterocycles. The van der Waals surface area contributed by atoms with Crippen LogP contribution in [0.4, 0.5) is 5.69 Å². The minimum Gasteiger partial charge on any atom is -0.326 e. The number of terminal acetylenes is 1. The van der Waals surface area contributed by atoms with E-state index in [9.17, 15) is 4.79 Å². The largest absolute Gasteiger partial charge is 0.326 e. The first-order valence-electron chi connectivity index (χ1n) is 6.18. The van der Waals surface area contributed by atoms with Gasteiger partial charge in [0, 0.05) is 17.7 Å². The molecule has 0 atom stereocenters. The van der Waals surface area contributed by atoms with E-state index in [-0.39, 0.29) is 5.91 Å². The quantitative estimate of drug-likeness (QED) is 0.828. The Morgan fingerprint density at radius 3 is 2.63 bits per heavy atom. The summed E-state index contributed by atoms with van der Waals surface area (Å²) in [6.07, 6.45) is 6.48. The average Bonchev–Trinajstić information content (AvgIpc) is 2.46. The van der Waals surface area contributed by atoms with Gasteiger partial charge in [0.15, 0.2) is 0 Å². The zero-order valence-electron chi connectivity index (χ0n) is 10.6. The van der Waals surface area contributed by atoms with Crippen molar-refractivity contribution in [3.05, 3.63) is 65.7 Å². The number of hydrogen-bond acceptors (Lipinski definition) is 1. The number of anilines is 1. The first-order chi connectivity index (χ1) is 9.28. The van der Waals surface area contributed by atoms with Crippen LogP contribution in [0.5, 0.6) is 0 Å². The molecule has 0 aliphatic heterocycles. The number of para-hydroxylation sites is 1. The Labute approximate surface area is 113 Å². The molecule has 2 aromatic carbocycles. The Kier molecular flexibility index (Phi) is 4.36. The van der Waals surface area contributed by atoms with Gasteiger partial charge in [0.05, 0.1) is 0 Å². The fourth-order valence-electron chi connectivity index (χ4n) is 1.82. The van der Waals surface area contributed by atoms with Gasteiger partial charge < -0.3 is 5.32 Å². The SMILES string of the molecule is C#Cc1cccc(CCC(=O)Nc2ccccc2)c1. The number of carbonyl (C=O) groups excluding carboxylic acids is 1. The highest BCUT2D eigenvalue weighted by Crippen LogP contribution is 2.09. The van der Waals surface area contributed by atoms with Crippen molar-refractivity contribution in [1.29, 1.82) is 0 Å². The van der Waals surface area contributed by atoms with Crippen molar-refractivity contribution in [3.8, 4) is 12.3 Å². The minimum atomic E-state index is 0.0114. The van der Waals surface area contributed by atoms with Crippen LogP contribution in [-0.2, 0) is 11.2 Å². The van der Waals surface area contributed by atoms with Crippen molar-refractivity contribution in [1.82, 2.24) is 0 Å². The molecule has 0 spiro atoms. The Morgan fingerprint density at radius 2 is 1.89 bits per heavy atom. The molecular formula is C17H15NO. The number of benzene rings is 2. The lowest BCUT2D eigenvalue weighted by Gasteiger charge is -2.05. The van der Waals surface area contributed by atoms with Crippen LogP contribution in [0.25, 0.3) is 0 Å². The molecule has 0 aliphatic carbocycles. The van der Waals surface area contributed by atoms with Crippen LogP contribution in [-0.4, -0.2) is 5.91 Å². The second-order valence-electron chi connectivity index (χ2n) is 4.26. The molecule has 0 fully saturated rings. The van der Waals surface area contributed by atoms with Gasteiger partial charge in [-0.25, -0.2) is 0 Å². The van der Waals surface area contributed by atoms with Gasteiger partial charge in [-0.1, -0.05) is 36.3 Å². The molecule has 0 saturated carbocycles. The standard InChI is InChI=1S/C17H15NO/c1-2-14-7-6-8-15(13-14)11-12-17(19)18-16-9-4-3-5-10-16/h1,3-10,13H,11-12H2,(H,18,19). The molecule has 19 heavy (non-hydrogen) atoms. The number of carbonyl (C=O) groups is 1. The van der Waals surface area contributed by atoms with E-state index in [2.05, 4.69) is 11.2 Å². The maximum atomic E-state index is 11.8. The van der Waals surface area contributed by atoms with Gasteiger partial charge in [0.1, 0.15) is 0 Å². The van der Waals surface area contributed by atoms with Gasteiger partial charge in [-0.2, -0.15) is 0 Å². The molecule has 0 saturated heterocycles. The fourth-order valence-corrected chi connectivity index (χ4v) is 1.82. The van der Waals surface area contributed by atoms with Gasteiger partial charge in [-0.05, 0) is 36.2 Å². The molecule has 0 bridgehead atoms. The first-order valence-corrected chi connectivity index (χ1v) is 6.18. The number of nitrogens with one attached hydrogen (secondary N) is 1. The van der Waals surface area contributed by atoms with Crippen LogP contribution in [0.2, 0.25) is 0 Å². The minimum absolute atomic E-state index is 0.0114. The maximum absolute atomic E-state index is 11.8. The van der Waals surface area contributed by atoms with Gasteiger partial charge in [0.25, 0.3) is 0 Å². The third-order valence-electron chi connectivity index (χ3n) is 2.79. The second kappa shape index (κ2) is 6.42. The van der Waals surface area contributed by atoms with Gasteiger partial charge in [-0.3, -0.25) is 4.79 Å². The van der Waals surface area contributed by atoms with E-state index in [1.165, 1.54) is 0 Å². The Morgan fingerprint density at radius 1 is 1.11 bits per heavy atom. The molecule has 0 aromatic heterocycles. The molecule has 1 N–H and O–H groups in total. The lowest BCUT2D eigenvalue weighted by atomic mass is 10.1. The molecule has 2 aromatic rings. The summed E-state index contributed by atoms with van der Waals surface area (Å²) in [4.78, 5) is 11.8. The topological polar surface area (TPSA) is 29.1 Å². The number of amides is 1. The van der Waals surface area contributed by atoms with E-state index in [0.717, 1.165) is 16.8 Å². The fraction of sp³-hybridized carbons (Fsp3) is 0.118. The second-order valence-corrected chi connectivity index (χ2v) is 4.26. The predicted molar refractivity (Wildman–Crippen MR) is 77.8 cm³/mol. The van der Waals surface area contributed by atoms with E-state index in [0.29, 0.717) is 12.8 Å². The maximum Gasteiger partial charge on any atom is 0.224 e. The molecule has 2 heteroatoms. The molecular weight excluding hydrogens is 234 g/mol. The number of rotatable bonds is 4. The monoisotopic (exact) mass is 249 g/mol. The van der Waals surface area contributed by atoms with Gasteiger partial charge in [0.2, 0.25) is 5.91 Å². The van der Waals surface area contributed by atoms with Gasteiger partial charge in [-0.15, -0.1) is 6.42 Å². The van der Waals surface area contributed by atoms with E-state index in [4.69, 9.17) is 6.42 Å². The summed E-state index contributed by atoms with van der Waals surface area (Å²) >= 11 is 0. The highest BCUT2D eigenvalue weighted by molar-refractivity contribution is 5.90. The molecule has 0 radical (unpaired) electrons. The van der Waals surface area contributed by atoms with E-state index < -0.39 is 0 Å². The Balaban J connectivity index is 1.88. The highest BCUT2D eigenvalue weighted by Gasteiger charge is 2.03. The lowest BCUT2D eigenvalue weighted by molar-refractivity contribution is -0.116. The van der Waals surface area contributed by atoms with Crippen LogP contribution < -0.4 is 5.32 Å². The molecule has 2 nitrogen and oxygen atoms in total. The Hall–Kier alpha value is -2.53. The lowest BCUT2D eigenvalue weighted by Crippen LogP contribution is -2.12. The van der Waals surface area contributed by atoms with E-state index >= 15 is 0 Å². The van der Waals surface area contributed by atoms with Crippen LogP contribution in [0, 0.1) is 12.3 Å². The zero-order chi connectivity index (χ0) is 13.5. The molecule has 94 valence electrons. The van der Waals surface area contributed by atoms with Crippen LogP contribution in [0.3, 0.4) is 0 Å². The van der Waals surface area contributed by atoms with Crippen molar-refractivity contribution in [2.45, 2.75) is 12.8 Å². The molecule has 0 aliphatic rings. The average molecular weight is 249 g/mol. The molecule has 1 amide bonds. The smallest absolute Gasteiger partial charge is 0.224 e. The summed E-state index contributed by atoms with van der Waals surface area (Å²) in [5.74, 6) is 2.61. The Bertz CT molecular complexity index is 596. The van der Waals surface area contributed by atoms with Crippen molar-refractivity contribution < 1.29 is 4.79 Å². The predicted octanol–water partition coefficient (Wildman–Crippen LogP) is 3.24. The third kappa shape index (κ3) is 4.01. The number of hydrogen-bond donors (Lipinski definition) is 1. The van der Waals surface area contributed by atoms with Crippen molar-refractivity contribution in [3.63, 3.8) is 0 Å². The molecule has 2 rings (SSSR count). The summed E-state index contributed by atoms with van der Waals surface area (Å²) in [7, 11) is 0. The summed E-state index contributed by atoms with van der Waals surface area (Å²) in [5, 5.41) is 2.86. The molecule has 0 unspecified atom stereocenters. The summed E-state index contributed by atoms with van der Waals surface area (Å²) in [6, 6.07) is 17.2. The van der Waals surface area contributed by atoms with Crippen LogP contribution in [0.15, 0.2) is 54.6 Å². The summed E-state index contributed by atoms with van der Waals surface area (Å²) in [6.45, 7) is 0. The third-order valence-corrected chi connectivity index (χ3v) is 2.79. The van der Waals surface area contributed by atoms with Crippen LogP contribution in [0.1, 0.15) is 17.5 Å².